The van der Waals surface area contributed by atoms with Crippen LogP contribution in [0.5, 0.6) is 0 Å². The Morgan fingerprint density at radius 3 is 2.77 bits per heavy atom. The van der Waals surface area contributed by atoms with Crippen LogP contribution in [0.4, 0.5) is 0 Å². The summed E-state index contributed by atoms with van der Waals surface area (Å²) in [6.45, 7) is 3.81. The Kier molecular flexibility index (Phi) is 1.69. The van der Waals surface area contributed by atoms with Crippen LogP contribution in [0.1, 0.15) is 11.1 Å². The quantitative estimate of drug-likeness (QED) is 0.650. The predicted molar refractivity (Wildman–Crippen MR) is 54.0 cm³/mol. The normalized spacial score (nSPS) is 10.6. The molecule has 66 valence electrons. The first-order chi connectivity index (χ1) is 6.18. The second-order valence-corrected chi connectivity index (χ2v) is 3.35. The summed E-state index contributed by atoms with van der Waals surface area (Å²) in [6.07, 6.45) is 1.75. The third-order valence-electron chi connectivity index (χ3n) is 2.22. The highest BCUT2D eigenvalue weighted by Gasteiger charge is 2.00. The SMILES string of the molecule is Cc1ccc2[nH]cc(C)c(=O)c2c1. The number of aryl methyl sites for hydroxylation is 2. The van der Waals surface area contributed by atoms with Crippen LogP contribution >= 0.6 is 0 Å². The van der Waals surface area contributed by atoms with Gasteiger partial charge in [0, 0.05) is 22.7 Å². The number of benzene rings is 1. The number of aromatic nitrogens is 1. The van der Waals surface area contributed by atoms with E-state index in [2.05, 4.69) is 4.98 Å². The van der Waals surface area contributed by atoms with Crippen molar-refractivity contribution in [2.24, 2.45) is 0 Å². The molecule has 0 aliphatic rings. The molecule has 0 bridgehead atoms. The topological polar surface area (TPSA) is 32.9 Å². The van der Waals surface area contributed by atoms with Crippen LogP contribution in [-0.4, -0.2) is 4.98 Å². The molecule has 13 heavy (non-hydrogen) atoms. The molecule has 0 spiro atoms. The monoisotopic (exact) mass is 173 g/mol. The molecule has 0 fully saturated rings. The van der Waals surface area contributed by atoms with Gasteiger partial charge in [-0.15, -0.1) is 0 Å². The largest absolute Gasteiger partial charge is 0.361 e. The van der Waals surface area contributed by atoms with Crippen molar-refractivity contribution < 1.29 is 0 Å². The maximum atomic E-state index is 11.7. The van der Waals surface area contributed by atoms with Crippen LogP contribution in [0.3, 0.4) is 0 Å². The fourth-order valence-electron chi connectivity index (χ4n) is 1.44. The Labute approximate surface area is 76.2 Å². The molecule has 1 aromatic carbocycles. The summed E-state index contributed by atoms with van der Waals surface area (Å²) in [5.74, 6) is 0. The third-order valence-corrected chi connectivity index (χ3v) is 2.22. The summed E-state index contributed by atoms with van der Waals surface area (Å²) in [5.41, 5.74) is 2.90. The lowest BCUT2D eigenvalue weighted by molar-refractivity contribution is 1.29. The van der Waals surface area contributed by atoms with Crippen LogP contribution in [-0.2, 0) is 0 Å². The molecule has 0 saturated carbocycles. The second-order valence-electron chi connectivity index (χ2n) is 3.35. The van der Waals surface area contributed by atoms with E-state index < -0.39 is 0 Å². The van der Waals surface area contributed by atoms with Gasteiger partial charge in [-0.25, -0.2) is 0 Å². The lowest BCUT2D eigenvalue weighted by atomic mass is 10.1. The molecule has 2 rings (SSSR count). The lowest BCUT2D eigenvalue weighted by Crippen LogP contribution is -2.05. The van der Waals surface area contributed by atoms with Crippen LogP contribution in [0, 0.1) is 13.8 Å². The third kappa shape index (κ3) is 1.24. The molecule has 2 nitrogen and oxygen atoms in total. The average Bonchev–Trinajstić information content (AvgIpc) is 2.12. The van der Waals surface area contributed by atoms with Gasteiger partial charge >= 0.3 is 0 Å². The Bertz CT molecular complexity index is 506. The van der Waals surface area contributed by atoms with Crippen LogP contribution in [0.25, 0.3) is 10.9 Å². The van der Waals surface area contributed by atoms with Gasteiger partial charge in [0.15, 0.2) is 5.43 Å². The first kappa shape index (κ1) is 8.05. The van der Waals surface area contributed by atoms with Crippen molar-refractivity contribution >= 4 is 10.9 Å². The van der Waals surface area contributed by atoms with Gasteiger partial charge < -0.3 is 4.98 Å². The Balaban J connectivity index is 2.97. The molecule has 1 N–H and O–H groups in total. The zero-order valence-corrected chi connectivity index (χ0v) is 7.72. The number of hydrogen-bond donors (Lipinski definition) is 1. The maximum Gasteiger partial charge on any atom is 0.192 e. The second kappa shape index (κ2) is 2.73. The number of pyridine rings is 1. The van der Waals surface area contributed by atoms with Crippen LogP contribution in [0.2, 0.25) is 0 Å². The van der Waals surface area contributed by atoms with Gasteiger partial charge in [0.05, 0.1) is 0 Å². The first-order valence-electron chi connectivity index (χ1n) is 4.27. The van der Waals surface area contributed by atoms with Gasteiger partial charge in [0.1, 0.15) is 0 Å². The summed E-state index contributed by atoms with van der Waals surface area (Å²) < 4.78 is 0. The molecule has 2 aromatic rings. The molecule has 0 atom stereocenters. The molecule has 0 aliphatic heterocycles. The van der Waals surface area contributed by atoms with Gasteiger partial charge in [-0.3, -0.25) is 4.79 Å². The number of H-pyrrole nitrogens is 1. The molecule has 0 saturated heterocycles. The molecule has 0 radical (unpaired) electrons. The van der Waals surface area contributed by atoms with Gasteiger partial charge in [-0.1, -0.05) is 11.6 Å². The lowest BCUT2D eigenvalue weighted by Gasteiger charge is -1.99. The summed E-state index contributed by atoms with van der Waals surface area (Å²) in [6, 6.07) is 5.85. The van der Waals surface area contributed by atoms with Crippen molar-refractivity contribution in [2.45, 2.75) is 13.8 Å². The van der Waals surface area contributed by atoms with Crippen molar-refractivity contribution in [3.05, 3.63) is 45.7 Å². The summed E-state index contributed by atoms with van der Waals surface area (Å²) in [7, 11) is 0. The zero-order valence-electron chi connectivity index (χ0n) is 7.72. The van der Waals surface area contributed by atoms with E-state index >= 15 is 0 Å². The number of nitrogens with one attached hydrogen (secondary N) is 1. The number of fused-ring (bicyclic) bond motifs is 1. The highest BCUT2D eigenvalue weighted by Crippen LogP contribution is 2.09. The fourth-order valence-corrected chi connectivity index (χ4v) is 1.44. The Hall–Kier alpha value is -1.57. The highest BCUT2D eigenvalue weighted by atomic mass is 16.1. The van der Waals surface area contributed by atoms with E-state index in [1.54, 1.807) is 6.20 Å². The van der Waals surface area contributed by atoms with Crippen LogP contribution in [0.15, 0.2) is 29.2 Å². The summed E-state index contributed by atoms with van der Waals surface area (Å²) >= 11 is 0. The number of rotatable bonds is 0. The number of hydrogen-bond acceptors (Lipinski definition) is 1. The molecule has 0 unspecified atom stereocenters. The minimum absolute atomic E-state index is 0.123. The number of aromatic amines is 1. The van der Waals surface area contributed by atoms with Crippen molar-refractivity contribution in [3.63, 3.8) is 0 Å². The van der Waals surface area contributed by atoms with E-state index in [1.807, 2.05) is 32.0 Å². The minimum Gasteiger partial charge on any atom is -0.361 e. The molecule has 2 heteroatoms. The molecular formula is C11H11NO. The van der Waals surface area contributed by atoms with Crippen molar-refractivity contribution in [1.29, 1.82) is 0 Å². The average molecular weight is 173 g/mol. The molecule has 1 heterocycles. The maximum absolute atomic E-state index is 11.7. The van der Waals surface area contributed by atoms with Crippen LogP contribution < -0.4 is 5.43 Å². The molecule has 0 amide bonds. The van der Waals surface area contributed by atoms with Crippen molar-refractivity contribution in [1.82, 2.24) is 4.98 Å². The summed E-state index contributed by atoms with van der Waals surface area (Å²) in [4.78, 5) is 14.7. The van der Waals surface area contributed by atoms with Crippen molar-refractivity contribution in [3.8, 4) is 0 Å². The predicted octanol–water partition coefficient (Wildman–Crippen LogP) is 2.14. The van der Waals surface area contributed by atoms with E-state index in [4.69, 9.17) is 0 Å². The van der Waals surface area contributed by atoms with Gasteiger partial charge in [0.25, 0.3) is 0 Å². The minimum atomic E-state index is 0.123. The smallest absolute Gasteiger partial charge is 0.192 e. The molecule has 0 aliphatic carbocycles. The Morgan fingerprint density at radius 1 is 1.23 bits per heavy atom. The standard InChI is InChI=1S/C11H11NO/c1-7-3-4-10-9(5-7)11(13)8(2)6-12-10/h3-6H,1-2H3,(H,12,13). The van der Waals surface area contributed by atoms with Gasteiger partial charge in [-0.2, -0.15) is 0 Å². The van der Waals surface area contributed by atoms with Gasteiger partial charge in [-0.05, 0) is 26.0 Å². The van der Waals surface area contributed by atoms with Crippen molar-refractivity contribution in [2.75, 3.05) is 0 Å². The Morgan fingerprint density at radius 2 is 2.00 bits per heavy atom. The molecular weight excluding hydrogens is 162 g/mol. The molecule has 1 aromatic heterocycles. The van der Waals surface area contributed by atoms with E-state index in [0.717, 1.165) is 22.0 Å². The first-order valence-corrected chi connectivity index (χ1v) is 4.27. The zero-order chi connectivity index (χ0) is 9.42. The van der Waals surface area contributed by atoms with E-state index in [-0.39, 0.29) is 5.43 Å². The van der Waals surface area contributed by atoms with E-state index in [0.29, 0.717) is 0 Å². The van der Waals surface area contributed by atoms with Gasteiger partial charge in [0.2, 0.25) is 0 Å². The highest BCUT2D eigenvalue weighted by molar-refractivity contribution is 5.79. The fraction of sp³-hybridized carbons (Fsp3) is 0.182. The van der Waals surface area contributed by atoms with E-state index in [1.165, 1.54) is 0 Å². The van der Waals surface area contributed by atoms with E-state index in [9.17, 15) is 4.79 Å². The summed E-state index contributed by atoms with van der Waals surface area (Å²) in [5, 5.41) is 0.778.